The van der Waals surface area contributed by atoms with E-state index in [0.29, 0.717) is 13.2 Å². The van der Waals surface area contributed by atoms with Gasteiger partial charge < -0.3 is 14.6 Å². The van der Waals surface area contributed by atoms with Crippen LogP contribution in [0.2, 0.25) is 0 Å². The number of rotatable bonds is 6. The average molecular weight is 260 g/mol. The van der Waals surface area contributed by atoms with Gasteiger partial charge in [0.2, 0.25) is 5.95 Å². The van der Waals surface area contributed by atoms with Crippen LogP contribution in [0.3, 0.4) is 0 Å². The number of aromatic nitrogens is 3. The predicted molar refractivity (Wildman–Crippen MR) is 75.1 cm³/mol. The molecular formula is C14H20N4O. The SMILES string of the molecule is COCC(C)n1ccnc1NCc1cccc(C)n1. The molecule has 1 atom stereocenters. The van der Waals surface area contributed by atoms with Gasteiger partial charge in [-0.15, -0.1) is 0 Å². The minimum Gasteiger partial charge on any atom is -0.383 e. The molecule has 0 aromatic carbocycles. The second-order valence-corrected chi connectivity index (χ2v) is 4.59. The Kier molecular flexibility index (Phi) is 4.52. The third-order valence-corrected chi connectivity index (χ3v) is 2.93. The molecule has 19 heavy (non-hydrogen) atoms. The van der Waals surface area contributed by atoms with Crippen molar-refractivity contribution in [2.75, 3.05) is 19.0 Å². The summed E-state index contributed by atoms with van der Waals surface area (Å²) in [5, 5.41) is 3.31. The van der Waals surface area contributed by atoms with Crippen LogP contribution in [0.5, 0.6) is 0 Å². The molecule has 2 aromatic heterocycles. The van der Waals surface area contributed by atoms with Gasteiger partial charge in [-0.2, -0.15) is 0 Å². The Labute approximate surface area is 113 Å². The van der Waals surface area contributed by atoms with E-state index in [9.17, 15) is 0 Å². The Balaban J connectivity index is 2.02. The lowest BCUT2D eigenvalue weighted by Gasteiger charge is -2.16. The number of nitrogens with zero attached hydrogens (tertiary/aromatic N) is 3. The summed E-state index contributed by atoms with van der Waals surface area (Å²) < 4.78 is 7.24. The fourth-order valence-corrected chi connectivity index (χ4v) is 1.99. The number of anilines is 1. The molecule has 1 N–H and O–H groups in total. The summed E-state index contributed by atoms with van der Waals surface area (Å²) in [6.45, 7) is 5.42. The quantitative estimate of drug-likeness (QED) is 0.866. The minimum atomic E-state index is 0.250. The molecule has 0 fully saturated rings. The fraction of sp³-hybridized carbons (Fsp3) is 0.429. The maximum atomic E-state index is 5.17. The Morgan fingerprint density at radius 3 is 3.00 bits per heavy atom. The number of hydrogen-bond acceptors (Lipinski definition) is 4. The van der Waals surface area contributed by atoms with E-state index in [-0.39, 0.29) is 6.04 Å². The zero-order chi connectivity index (χ0) is 13.7. The molecule has 0 radical (unpaired) electrons. The first kappa shape index (κ1) is 13.5. The molecule has 0 aliphatic heterocycles. The summed E-state index contributed by atoms with van der Waals surface area (Å²) in [6, 6.07) is 6.26. The van der Waals surface area contributed by atoms with Gasteiger partial charge >= 0.3 is 0 Å². The lowest BCUT2D eigenvalue weighted by molar-refractivity contribution is 0.163. The van der Waals surface area contributed by atoms with E-state index in [4.69, 9.17) is 4.74 Å². The van der Waals surface area contributed by atoms with E-state index in [2.05, 4.69) is 26.8 Å². The third-order valence-electron chi connectivity index (χ3n) is 2.93. The molecule has 2 rings (SSSR count). The highest BCUT2D eigenvalue weighted by Gasteiger charge is 2.09. The highest BCUT2D eigenvalue weighted by atomic mass is 16.5. The first-order valence-electron chi connectivity index (χ1n) is 6.39. The molecule has 2 aromatic rings. The molecule has 5 nitrogen and oxygen atoms in total. The molecule has 0 aliphatic carbocycles. The van der Waals surface area contributed by atoms with E-state index in [1.807, 2.05) is 31.3 Å². The van der Waals surface area contributed by atoms with Gasteiger partial charge in [0, 0.05) is 25.2 Å². The van der Waals surface area contributed by atoms with E-state index >= 15 is 0 Å². The Hall–Kier alpha value is -1.88. The summed E-state index contributed by atoms with van der Waals surface area (Å²) in [4.78, 5) is 8.78. The molecule has 0 saturated carbocycles. The monoisotopic (exact) mass is 260 g/mol. The van der Waals surface area contributed by atoms with Crippen molar-refractivity contribution in [3.05, 3.63) is 42.0 Å². The zero-order valence-electron chi connectivity index (χ0n) is 11.6. The number of aryl methyl sites for hydroxylation is 1. The summed E-state index contributed by atoms with van der Waals surface area (Å²) in [7, 11) is 1.71. The molecule has 5 heteroatoms. The van der Waals surface area contributed by atoms with Gasteiger partial charge in [-0.3, -0.25) is 4.98 Å². The predicted octanol–water partition coefficient (Wildman–Crippen LogP) is 2.41. The van der Waals surface area contributed by atoms with Crippen molar-refractivity contribution < 1.29 is 4.74 Å². The summed E-state index contributed by atoms with van der Waals surface area (Å²) in [5.41, 5.74) is 2.03. The van der Waals surface area contributed by atoms with E-state index < -0.39 is 0 Å². The van der Waals surface area contributed by atoms with Crippen molar-refractivity contribution >= 4 is 5.95 Å². The maximum Gasteiger partial charge on any atom is 0.203 e. The van der Waals surface area contributed by atoms with Gasteiger partial charge in [-0.05, 0) is 26.0 Å². The average Bonchev–Trinajstić information content (AvgIpc) is 2.85. The first-order valence-corrected chi connectivity index (χ1v) is 6.39. The number of pyridine rings is 1. The first-order chi connectivity index (χ1) is 9.20. The maximum absolute atomic E-state index is 5.17. The van der Waals surface area contributed by atoms with Crippen LogP contribution >= 0.6 is 0 Å². The van der Waals surface area contributed by atoms with Gasteiger partial charge in [0.1, 0.15) is 0 Å². The summed E-state index contributed by atoms with van der Waals surface area (Å²) in [6.07, 6.45) is 3.74. The number of methoxy groups -OCH3 is 1. The normalized spacial score (nSPS) is 12.4. The zero-order valence-corrected chi connectivity index (χ0v) is 11.6. The van der Waals surface area contributed by atoms with Crippen LogP contribution in [0.15, 0.2) is 30.6 Å². The molecule has 0 saturated heterocycles. The van der Waals surface area contributed by atoms with Crippen molar-refractivity contribution in [3.8, 4) is 0 Å². The topological polar surface area (TPSA) is 52.0 Å². The van der Waals surface area contributed by atoms with Gasteiger partial charge in [-0.25, -0.2) is 4.98 Å². The van der Waals surface area contributed by atoms with Crippen LogP contribution in [0.4, 0.5) is 5.95 Å². The standard InChI is InChI=1S/C14H20N4O/c1-11-5-4-6-13(17-11)9-16-14-15-7-8-18(14)12(2)10-19-3/h4-8,12H,9-10H2,1-3H3,(H,15,16). The Morgan fingerprint density at radius 2 is 2.26 bits per heavy atom. The molecular weight excluding hydrogens is 240 g/mol. The third kappa shape index (κ3) is 3.54. The number of nitrogens with one attached hydrogen (secondary N) is 1. The summed E-state index contributed by atoms with van der Waals surface area (Å²) in [5.74, 6) is 0.841. The smallest absolute Gasteiger partial charge is 0.203 e. The highest BCUT2D eigenvalue weighted by molar-refractivity contribution is 5.28. The van der Waals surface area contributed by atoms with Gasteiger partial charge in [0.25, 0.3) is 0 Å². The Bertz CT molecular complexity index is 524. The second-order valence-electron chi connectivity index (χ2n) is 4.59. The fourth-order valence-electron chi connectivity index (χ4n) is 1.99. The van der Waals surface area contributed by atoms with Crippen molar-refractivity contribution in [2.24, 2.45) is 0 Å². The van der Waals surface area contributed by atoms with Crippen molar-refractivity contribution in [1.82, 2.24) is 14.5 Å². The van der Waals surface area contributed by atoms with Crippen LogP contribution in [0.1, 0.15) is 24.4 Å². The number of imidazole rings is 1. The largest absolute Gasteiger partial charge is 0.383 e. The summed E-state index contributed by atoms with van der Waals surface area (Å²) >= 11 is 0. The number of ether oxygens (including phenoxy) is 1. The van der Waals surface area contributed by atoms with Crippen LogP contribution < -0.4 is 5.32 Å². The molecule has 0 bridgehead atoms. The van der Waals surface area contributed by atoms with Crippen LogP contribution in [0.25, 0.3) is 0 Å². The van der Waals surface area contributed by atoms with Crippen molar-refractivity contribution in [2.45, 2.75) is 26.4 Å². The van der Waals surface area contributed by atoms with E-state index in [1.54, 1.807) is 13.3 Å². The Morgan fingerprint density at radius 1 is 1.42 bits per heavy atom. The van der Waals surface area contributed by atoms with Crippen LogP contribution in [-0.4, -0.2) is 28.3 Å². The lowest BCUT2D eigenvalue weighted by atomic mass is 10.3. The molecule has 1 unspecified atom stereocenters. The molecule has 0 amide bonds. The minimum absolute atomic E-state index is 0.250. The molecule has 0 spiro atoms. The highest BCUT2D eigenvalue weighted by Crippen LogP contribution is 2.14. The van der Waals surface area contributed by atoms with Crippen molar-refractivity contribution in [3.63, 3.8) is 0 Å². The molecule has 2 heterocycles. The number of hydrogen-bond donors (Lipinski definition) is 1. The van der Waals surface area contributed by atoms with Gasteiger partial charge in [0.15, 0.2) is 0 Å². The lowest BCUT2D eigenvalue weighted by Crippen LogP contribution is -2.14. The second kappa shape index (κ2) is 6.33. The van der Waals surface area contributed by atoms with Crippen molar-refractivity contribution in [1.29, 1.82) is 0 Å². The van der Waals surface area contributed by atoms with E-state index in [0.717, 1.165) is 17.3 Å². The van der Waals surface area contributed by atoms with Gasteiger partial charge in [-0.1, -0.05) is 6.07 Å². The van der Waals surface area contributed by atoms with E-state index in [1.165, 1.54) is 0 Å². The van der Waals surface area contributed by atoms with Crippen LogP contribution in [0, 0.1) is 6.92 Å². The molecule has 102 valence electrons. The molecule has 0 aliphatic rings. The van der Waals surface area contributed by atoms with Gasteiger partial charge in [0.05, 0.1) is 24.9 Å². The van der Waals surface area contributed by atoms with Crippen LogP contribution in [-0.2, 0) is 11.3 Å².